The Morgan fingerprint density at radius 1 is 0.306 bits per heavy atom. The average molecular weight is 621 g/mol. The molecule has 9 aromatic carbocycles. The van der Waals surface area contributed by atoms with Crippen LogP contribution in [0.1, 0.15) is 0 Å². The predicted molar refractivity (Wildman–Crippen MR) is 210 cm³/mol. The van der Waals surface area contributed by atoms with Gasteiger partial charge in [0.2, 0.25) is 0 Å². The van der Waals surface area contributed by atoms with Crippen LogP contribution in [0.4, 0.5) is 34.1 Å². The van der Waals surface area contributed by atoms with E-state index in [9.17, 15) is 0 Å². The molecule has 0 saturated carbocycles. The van der Waals surface area contributed by atoms with Gasteiger partial charge in [0.25, 0.3) is 6.71 Å². The van der Waals surface area contributed by atoms with Gasteiger partial charge in [0.05, 0.1) is 0 Å². The minimum atomic E-state index is 0.0582. The van der Waals surface area contributed by atoms with E-state index in [4.69, 9.17) is 0 Å². The van der Waals surface area contributed by atoms with Crippen LogP contribution in [0.2, 0.25) is 0 Å². The third kappa shape index (κ3) is 3.67. The Balaban J connectivity index is 1.30. The fourth-order valence-electron chi connectivity index (χ4n) is 8.78. The zero-order valence-electron chi connectivity index (χ0n) is 26.7. The van der Waals surface area contributed by atoms with E-state index < -0.39 is 0 Å². The van der Waals surface area contributed by atoms with Gasteiger partial charge in [-0.1, -0.05) is 140 Å². The van der Waals surface area contributed by atoms with E-state index in [1.54, 1.807) is 0 Å². The summed E-state index contributed by atoms with van der Waals surface area (Å²) >= 11 is 0. The van der Waals surface area contributed by atoms with Gasteiger partial charge < -0.3 is 9.80 Å². The van der Waals surface area contributed by atoms with Crippen molar-refractivity contribution in [3.63, 3.8) is 0 Å². The van der Waals surface area contributed by atoms with Crippen molar-refractivity contribution < 1.29 is 0 Å². The zero-order valence-corrected chi connectivity index (χ0v) is 26.7. The van der Waals surface area contributed by atoms with Gasteiger partial charge in [-0.15, -0.1) is 0 Å². The van der Waals surface area contributed by atoms with Crippen LogP contribution in [0.25, 0.3) is 43.1 Å². The summed E-state index contributed by atoms with van der Waals surface area (Å²) in [7, 11) is 0. The first-order chi connectivity index (χ1) is 24.3. The van der Waals surface area contributed by atoms with Crippen LogP contribution in [0.15, 0.2) is 176 Å². The molecule has 0 spiro atoms. The van der Waals surface area contributed by atoms with Crippen molar-refractivity contribution in [3.05, 3.63) is 176 Å². The highest BCUT2D eigenvalue weighted by Gasteiger charge is 2.44. The first-order valence-electron chi connectivity index (χ1n) is 17.1. The lowest BCUT2D eigenvalue weighted by Crippen LogP contribution is -2.61. The first-order valence-corrected chi connectivity index (χ1v) is 17.1. The van der Waals surface area contributed by atoms with Crippen molar-refractivity contribution in [2.24, 2.45) is 0 Å². The lowest BCUT2D eigenvalue weighted by atomic mass is 9.33. The van der Waals surface area contributed by atoms with Gasteiger partial charge in [-0.3, -0.25) is 0 Å². The highest BCUT2D eigenvalue weighted by molar-refractivity contribution is 7.00. The second kappa shape index (κ2) is 10.1. The average Bonchev–Trinajstić information content (AvgIpc) is 3.18. The smallest absolute Gasteiger partial charge is 0.252 e. The van der Waals surface area contributed by atoms with E-state index in [0.717, 1.165) is 0 Å². The molecule has 49 heavy (non-hydrogen) atoms. The number of rotatable bonds is 2. The molecule has 9 aromatic rings. The van der Waals surface area contributed by atoms with E-state index in [1.165, 1.54) is 93.6 Å². The topological polar surface area (TPSA) is 6.48 Å². The molecule has 3 heteroatoms. The Kier molecular flexibility index (Phi) is 5.50. The van der Waals surface area contributed by atoms with E-state index in [-0.39, 0.29) is 6.71 Å². The first kappa shape index (κ1) is 26.7. The monoisotopic (exact) mass is 620 g/mol. The minimum Gasteiger partial charge on any atom is -0.311 e. The second-order valence-electron chi connectivity index (χ2n) is 13.3. The highest BCUT2D eigenvalue weighted by Crippen LogP contribution is 2.48. The Hall–Kier alpha value is -6.32. The highest BCUT2D eigenvalue weighted by atomic mass is 15.2. The molecule has 0 saturated heterocycles. The molecule has 226 valence electrons. The van der Waals surface area contributed by atoms with Gasteiger partial charge in [0, 0.05) is 44.9 Å². The van der Waals surface area contributed by atoms with Crippen LogP contribution < -0.4 is 26.2 Å². The molecule has 2 aliphatic heterocycles. The summed E-state index contributed by atoms with van der Waals surface area (Å²) in [5.41, 5.74) is 11.3. The number of hydrogen-bond acceptors (Lipinski definition) is 2. The summed E-state index contributed by atoms with van der Waals surface area (Å²) in [6, 6.07) is 65.0. The molecule has 0 aromatic heterocycles. The standard InChI is InChI=1S/C46H29BN2/c1-3-14-32(15-4-1)48-42-20-11-21-43-44(42)47(40-28-26-36-34-18-9-7-12-30(34)22-24-38(36)45(40)48)41-29-27-37-35-19-10-8-13-31(35)23-25-39(37)46(41)49(43)33-16-5-2-6-17-33/h1-29H. The number of benzene rings is 9. The van der Waals surface area contributed by atoms with Crippen LogP contribution in [-0.2, 0) is 0 Å². The zero-order chi connectivity index (χ0) is 32.1. The van der Waals surface area contributed by atoms with Gasteiger partial charge in [0.1, 0.15) is 0 Å². The maximum atomic E-state index is 2.52. The molecule has 2 aliphatic rings. The van der Waals surface area contributed by atoms with Crippen molar-refractivity contribution in [1.29, 1.82) is 0 Å². The lowest BCUT2D eigenvalue weighted by Gasteiger charge is -2.44. The summed E-state index contributed by atoms with van der Waals surface area (Å²) in [6.07, 6.45) is 0. The van der Waals surface area contributed by atoms with Crippen LogP contribution in [0, 0.1) is 0 Å². The van der Waals surface area contributed by atoms with Gasteiger partial charge in [-0.25, -0.2) is 0 Å². The molecule has 0 radical (unpaired) electrons. The number of anilines is 6. The van der Waals surface area contributed by atoms with Crippen LogP contribution in [0.3, 0.4) is 0 Å². The van der Waals surface area contributed by atoms with Crippen molar-refractivity contribution in [1.82, 2.24) is 0 Å². The molecule has 2 nitrogen and oxygen atoms in total. The Labute approximate surface area is 285 Å². The van der Waals surface area contributed by atoms with E-state index >= 15 is 0 Å². The van der Waals surface area contributed by atoms with E-state index in [1.807, 2.05) is 0 Å². The van der Waals surface area contributed by atoms with Crippen molar-refractivity contribution in [3.8, 4) is 0 Å². The Morgan fingerprint density at radius 2 is 0.735 bits per heavy atom. The van der Waals surface area contributed by atoms with Crippen molar-refractivity contribution >= 4 is 100 Å². The minimum absolute atomic E-state index is 0.0582. The number of nitrogens with zero attached hydrogens (tertiary/aromatic N) is 2. The van der Waals surface area contributed by atoms with Crippen molar-refractivity contribution in [2.45, 2.75) is 0 Å². The maximum Gasteiger partial charge on any atom is 0.252 e. The summed E-state index contributed by atoms with van der Waals surface area (Å²) in [6.45, 7) is 0.0582. The number of para-hydroxylation sites is 2. The number of hydrogen-bond donors (Lipinski definition) is 0. The SMILES string of the molecule is c1ccc(N2c3cccc4c3B(c3ccc5c(ccc6ccccc65)c32)c2ccc3c(ccc5ccccc53)c2N4c2ccccc2)cc1. The Morgan fingerprint density at radius 3 is 1.22 bits per heavy atom. The summed E-state index contributed by atoms with van der Waals surface area (Å²) in [5, 5.41) is 10.2. The number of fused-ring (bicyclic) bond motifs is 12. The molecule has 0 unspecified atom stereocenters. The maximum absolute atomic E-state index is 2.52. The van der Waals surface area contributed by atoms with Gasteiger partial charge in [-0.2, -0.15) is 0 Å². The summed E-state index contributed by atoms with van der Waals surface area (Å²) in [5.74, 6) is 0. The molecule has 0 atom stereocenters. The summed E-state index contributed by atoms with van der Waals surface area (Å²) in [4.78, 5) is 5.04. The molecular formula is C46H29BN2. The molecule has 0 bridgehead atoms. The Bertz CT molecular complexity index is 2600. The summed E-state index contributed by atoms with van der Waals surface area (Å²) < 4.78 is 0. The lowest BCUT2D eigenvalue weighted by molar-refractivity contribution is 1.27. The van der Waals surface area contributed by atoms with Gasteiger partial charge >= 0.3 is 0 Å². The second-order valence-corrected chi connectivity index (χ2v) is 13.3. The molecular weight excluding hydrogens is 591 g/mol. The predicted octanol–water partition coefficient (Wildman–Crippen LogP) is 10.4. The molecule has 0 amide bonds. The normalized spacial score (nSPS) is 13.2. The third-order valence-electron chi connectivity index (χ3n) is 10.8. The molecule has 0 N–H and O–H groups in total. The van der Waals surface area contributed by atoms with Gasteiger partial charge in [0.15, 0.2) is 0 Å². The van der Waals surface area contributed by atoms with Gasteiger partial charge in [-0.05, 0) is 85.1 Å². The molecule has 0 aliphatic carbocycles. The molecule has 0 fully saturated rings. The molecule has 11 rings (SSSR count). The van der Waals surface area contributed by atoms with E-state index in [2.05, 4.69) is 186 Å². The quantitative estimate of drug-likeness (QED) is 0.140. The van der Waals surface area contributed by atoms with Crippen LogP contribution in [0.5, 0.6) is 0 Å². The molecule has 2 heterocycles. The van der Waals surface area contributed by atoms with Crippen LogP contribution in [-0.4, -0.2) is 6.71 Å². The largest absolute Gasteiger partial charge is 0.311 e. The fourth-order valence-corrected chi connectivity index (χ4v) is 8.78. The van der Waals surface area contributed by atoms with Crippen molar-refractivity contribution in [2.75, 3.05) is 9.80 Å². The third-order valence-corrected chi connectivity index (χ3v) is 10.8. The van der Waals surface area contributed by atoms with E-state index in [0.29, 0.717) is 0 Å². The van der Waals surface area contributed by atoms with Crippen LogP contribution >= 0.6 is 0 Å². The fraction of sp³-hybridized carbons (Fsp3) is 0.